The van der Waals surface area contributed by atoms with E-state index < -0.39 is 0 Å². The molecule has 5 nitrogen and oxygen atoms in total. The minimum Gasteiger partial charge on any atom is -0.394 e. The summed E-state index contributed by atoms with van der Waals surface area (Å²) in [6.45, 7) is 1.09. The van der Waals surface area contributed by atoms with E-state index in [1.165, 1.54) is 6.42 Å². The van der Waals surface area contributed by atoms with Gasteiger partial charge in [-0.1, -0.05) is 0 Å². The Bertz CT molecular complexity index is 509. The van der Waals surface area contributed by atoms with Crippen LogP contribution >= 0.6 is 0 Å². The Morgan fingerprint density at radius 3 is 2.79 bits per heavy atom. The fraction of sp³-hybridized carbons (Fsp3) is 0.429. The number of aromatic amines is 1. The van der Waals surface area contributed by atoms with Crippen LogP contribution in [0.3, 0.4) is 0 Å². The van der Waals surface area contributed by atoms with Crippen molar-refractivity contribution in [1.82, 2.24) is 15.0 Å². The van der Waals surface area contributed by atoms with E-state index >= 15 is 0 Å². The average Bonchev–Trinajstić information content (AvgIpc) is 3.02. The maximum Gasteiger partial charge on any atom is 0.225 e. The molecule has 1 aliphatic rings. The summed E-state index contributed by atoms with van der Waals surface area (Å²) in [6, 6.07) is 2.15. The Morgan fingerprint density at radius 2 is 2.11 bits per heavy atom. The van der Waals surface area contributed by atoms with Crippen molar-refractivity contribution in [1.29, 1.82) is 0 Å². The summed E-state index contributed by atoms with van der Waals surface area (Å²) in [4.78, 5) is 14.0. The van der Waals surface area contributed by atoms with Gasteiger partial charge in [0.25, 0.3) is 0 Å². The Labute approximate surface area is 112 Å². The smallest absolute Gasteiger partial charge is 0.225 e. The highest BCUT2D eigenvalue weighted by Crippen LogP contribution is 2.23. The second kappa shape index (κ2) is 5.40. The van der Waals surface area contributed by atoms with E-state index in [1.807, 2.05) is 30.9 Å². The van der Waals surface area contributed by atoms with Crippen LogP contribution < -0.4 is 4.90 Å². The van der Waals surface area contributed by atoms with Gasteiger partial charge in [0.2, 0.25) is 5.95 Å². The van der Waals surface area contributed by atoms with E-state index in [0.29, 0.717) is 0 Å². The predicted octanol–water partition coefficient (Wildman–Crippen LogP) is 1.82. The van der Waals surface area contributed by atoms with E-state index in [1.54, 1.807) is 0 Å². The van der Waals surface area contributed by atoms with Gasteiger partial charge in [-0.2, -0.15) is 0 Å². The summed E-state index contributed by atoms with van der Waals surface area (Å²) in [5.41, 5.74) is 2.09. The van der Waals surface area contributed by atoms with Crippen LogP contribution in [-0.2, 0) is 0 Å². The molecule has 3 rings (SSSR count). The number of nitrogens with zero attached hydrogens (tertiary/aromatic N) is 3. The molecule has 0 amide bonds. The van der Waals surface area contributed by atoms with Gasteiger partial charge in [-0.25, -0.2) is 9.97 Å². The second-order valence-electron chi connectivity index (χ2n) is 4.90. The predicted molar refractivity (Wildman–Crippen MR) is 73.9 cm³/mol. The first kappa shape index (κ1) is 12.2. The van der Waals surface area contributed by atoms with Crippen LogP contribution in [0.2, 0.25) is 0 Å². The topological polar surface area (TPSA) is 65.0 Å². The zero-order valence-electron chi connectivity index (χ0n) is 10.8. The number of aromatic nitrogens is 3. The number of hydrogen-bond acceptors (Lipinski definition) is 4. The lowest BCUT2D eigenvalue weighted by molar-refractivity contribution is 0.239. The lowest BCUT2D eigenvalue weighted by atomic mass is 10.0. The van der Waals surface area contributed by atoms with Gasteiger partial charge < -0.3 is 15.0 Å². The largest absolute Gasteiger partial charge is 0.394 e. The standard InChI is InChI=1S/C14H18N4O/c19-10-13-3-1-2-6-18(13)14-16-8-12(9-17-14)11-4-5-15-7-11/h4-5,7-9,13,15,19H,1-3,6,10H2. The van der Waals surface area contributed by atoms with Crippen LogP contribution in [0.25, 0.3) is 11.1 Å². The minimum absolute atomic E-state index is 0.159. The Morgan fingerprint density at radius 1 is 1.26 bits per heavy atom. The molecule has 5 heteroatoms. The highest BCUT2D eigenvalue weighted by Gasteiger charge is 2.23. The zero-order chi connectivity index (χ0) is 13.1. The van der Waals surface area contributed by atoms with Crippen molar-refractivity contribution >= 4 is 5.95 Å². The molecule has 1 saturated heterocycles. The summed E-state index contributed by atoms with van der Waals surface area (Å²) in [7, 11) is 0. The molecule has 1 fully saturated rings. The van der Waals surface area contributed by atoms with Crippen molar-refractivity contribution in [2.75, 3.05) is 18.1 Å². The van der Waals surface area contributed by atoms with Crippen LogP contribution in [0, 0.1) is 0 Å². The molecule has 1 unspecified atom stereocenters. The normalized spacial score (nSPS) is 19.6. The monoisotopic (exact) mass is 258 g/mol. The number of rotatable bonds is 3. The van der Waals surface area contributed by atoms with Crippen LogP contribution in [0.15, 0.2) is 30.9 Å². The van der Waals surface area contributed by atoms with E-state index in [-0.39, 0.29) is 12.6 Å². The molecule has 0 aliphatic carbocycles. The molecule has 1 aliphatic heterocycles. The quantitative estimate of drug-likeness (QED) is 0.881. The van der Waals surface area contributed by atoms with E-state index in [0.717, 1.165) is 36.5 Å². The molecular formula is C14H18N4O. The highest BCUT2D eigenvalue weighted by molar-refractivity contribution is 5.61. The molecule has 0 radical (unpaired) electrons. The second-order valence-corrected chi connectivity index (χ2v) is 4.90. The summed E-state index contributed by atoms with van der Waals surface area (Å²) in [5, 5.41) is 9.43. The summed E-state index contributed by atoms with van der Waals surface area (Å²) in [6.07, 6.45) is 10.8. The fourth-order valence-electron chi connectivity index (χ4n) is 2.58. The Kier molecular flexibility index (Phi) is 3.46. The maximum atomic E-state index is 9.43. The number of piperidine rings is 1. The molecule has 0 bridgehead atoms. The average molecular weight is 258 g/mol. The van der Waals surface area contributed by atoms with Crippen molar-refractivity contribution < 1.29 is 5.11 Å². The Hall–Kier alpha value is -1.88. The molecule has 0 aromatic carbocycles. The molecular weight excluding hydrogens is 240 g/mol. The van der Waals surface area contributed by atoms with Gasteiger partial charge in [0.05, 0.1) is 12.6 Å². The lowest BCUT2D eigenvalue weighted by Gasteiger charge is -2.34. The number of nitrogens with one attached hydrogen (secondary N) is 1. The third-order valence-electron chi connectivity index (χ3n) is 3.66. The summed E-state index contributed by atoms with van der Waals surface area (Å²) >= 11 is 0. The van der Waals surface area contributed by atoms with E-state index in [4.69, 9.17) is 0 Å². The number of aliphatic hydroxyl groups excluding tert-OH is 1. The van der Waals surface area contributed by atoms with Crippen molar-refractivity contribution in [3.05, 3.63) is 30.9 Å². The molecule has 2 aromatic heterocycles. The molecule has 0 spiro atoms. The first-order chi connectivity index (χ1) is 9.38. The van der Waals surface area contributed by atoms with Gasteiger partial charge >= 0.3 is 0 Å². The van der Waals surface area contributed by atoms with Crippen LogP contribution in [0.4, 0.5) is 5.95 Å². The SMILES string of the molecule is OCC1CCCCN1c1ncc(-c2cc[nH]c2)cn1. The molecule has 0 saturated carbocycles. The molecule has 19 heavy (non-hydrogen) atoms. The summed E-state index contributed by atoms with van der Waals surface area (Å²) < 4.78 is 0. The van der Waals surface area contributed by atoms with Crippen molar-refractivity contribution in [3.63, 3.8) is 0 Å². The summed E-state index contributed by atoms with van der Waals surface area (Å²) in [5.74, 6) is 0.720. The third kappa shape index (κ3) is 2.46. The lowest BCUT2D eigenvalue weighted by Crippen LogP contribution is -2.42. The molecule has 2 N–H and O–H groups in total. The number of aliphatic hydroxyl groups is 1. The van der Waals surface area contributed by atoms with Crippen LogP contribution in [-0.4, -0.2) is 39.3 Å². The van der Waals surface area contributed by atoms with E-state index in [9.17, 15) is 5.11 Å². The fourth-order valence-corrected chi connectivity index (χ4v) is 2.58. The van der Waals surface area contributed by atoms with Crippen LogP contribution in [0.1, 0.15) is 19.3 Å². The maximum absolute atomic E-state index is 9.43. The van der Waals surface area contributed by atoms with Gasteiger partial charge in [-0.05, 0) is 25.3 Å². The van der Waals surface area contributed by atoms with E-state index in [2.05, 4.69) is 19.9 Å². The Balaban J connectivity index is 1.81. The van der Waals surface area contributed by atoms with Crippen LogP contribution in [0.5, 0.6) is 0 Å². The zero-order valence-corrected chi connectivity index (χ0v) is 10.8. The highest BCUT2D eigenvalue weighted by atomic mass is 16.3. The number of anilines is 1. The van der Waals surface area contributed by atoms with Gasteiger partial charge in [-0.3, -0.25) is 0 Å². The van der Waals surface area contributed by atoms with Gasteiger partial charge in [0.15, 0.2) is 0 Å². The van der Waals surface area contributed by atoms with Gasteiger partial charge in [0, 0.05) is 42.5 Å². The molecule has 100 valence electrons. The van der Waals surface area contributed by atoms with Gasteiger partial charge in [0.1, 0.15) is 0 Å². The van der Waals surface area contributed by atoms with Gasteiger partial charge in [-0.15, -0.1) is 0 Å². The number of H-pyrrole nitrogens is 1. The molecule has 3 heterocycles. The molecule has 2 aromatic rings. The van der Waals surface area contributed by atoms with Crippen molar-refractivity contribution in [3.8, 4) is 11.1 Å². The number of hydrogen-bond donors (Lipinski definition) is 2. The minimum atomic E-state index is 0.159. The molecule has 1 atom stereocenters. The van der Waals surface area contributed by atoms with Crippen molar-refractivity contribution in [2.45, 2.75) is 25.3 Å². The first-order valence-electron chi connectivity index (χ1n) is 6.71. The first-order valence-corrected chi connectivity index (χ1v) is 6.71. The van der Waals surface area contributed by atoms with Crippen molar-refractivity contribution in [2.24, 2.45) is 0 Å². The third-order valence-corrected chi connectivity index (χ3v) is 3.66.